The van der Waals surface area contributed by atoms with Crippen molar-refractivity contribution < 1.29 is 19.4 Å². The van der Waals surface area contributed by atoms with E-state index in [0.717, 1.165) is 38.5 Å². The van der Waals surface area contributed by atoms with E-state index < -0.39 is 5.79 Å². The number of ketones is 1. The number of unbranched alkanes of at least 4 members (excludes halogenated alkanes) is 4. The summed E-state index contributed by atoms with van der Waals surface area (Å²) in [5.74, 6) is 0.589. The standard InChI is InChI=1S/C20H34O4/c1-16(2)19(22)10-9-17-11-12-20(23-14-15-24-20)18(17)8-6-4-3-5-7-13-21/h9-10,16-18,21H,3-8,11-15H2,1-2H3. The van der Waals surface area contributed by atoms with Crippen molar-refractivity contribution in [2.24, 2.45) is 17.8 Å². The van der Waals surface area contributed by atoms with Crippen molar-refractivity contribution in [3.8, 4) is 0 Å². The van der Waals surface area contributed by atoms with Crippen molar-refractivity contribution in [1.82, 2.24) is 0 Å². The highest BCUT2D eigenvalue weighted by Crippen LogP contribution is 2.48. The minimum absolute atomic E-state index is 0.0561. The number of aliphatic hydroxyl groups excluding tert-OH is 1. The number of rotatable bonds is 10. The second kappa shape index (κ2) is 9.69. The zero-order valence-electron chi connectivity index (χ0n) is 15.3. The van der Waals surface area contributed by atoms with E-state index in [1.807, 2.05) is 13.8 Å². The molecule has 2 atom stereocenters. The van der Waals surface area contributed by atoms with Gasteiger partial charge >= 0.3 is 0 Å². The SMILES string of the molecule is CC(C)C(=O)C=CC1CCC2(OCCO2)C1CCCCCCCO. The number of hydrogen-bond acceptors (Lipinski definition) is 4. The van der Waals surface area contributed by atoms with Gasteiger partial charge in [0.05, 0.1) is 13.2 Å². The van der Waals surface area contributed by atoms with Crippen LogP contribution in [0.2, 0.25) is 0 Å². The highest BCUT2D eigenvalue weighted by molar-refractivity contribution is 5.91. The van der Waals surface area contributed by atoms with Crippen LogP contribution >= 0.6 is 0 Å². The lowest BCUT2D eigenvalue weighted by atomic mass is 9.86. The molecule has 1 saturated carbocycles. The van der Waals surface area contributed by atoms with E-state index in [4.69, 9.17) is 14.6 Å². The molecule has 1 aliphatic carbocycles. The van der Waals surface area contributed by atoms with Gasteiger partial charge in [-0.15, -0.1) is 0 Å². The molecule has 0 radical (unpaired) electrons. The molecule has 1 heterocycles. The summed E-state index contributed by atoms with van der Waals surface area (Å²) < 4.78 is 12.0. The Kier molecular flexibility index (Phi) is 7.92. The van der Waals surface area contributed by atoms with E-state index >= 15 is 0 Å². The Morgan fingerprint density at radius 2 is 1.83 bits per heavy atom. The summed E-state index contributed by atoms with van der Waals surface area (Å²) in [7, 11) is 0. The molecule has 1 N–H and O–H groups in total. The topological polar surface area (TPSA) is 55.8 Å². The van der Waals surface area contributed by atoms with Crippen molar-refractivity contribution in [2.75, 3.05) is 19.8 Å². The summed E-state index contributed by atoms with van der Waals surface area (Å²) in [6.45, 7) is 5.55. The van der Waals surface area contributed by atoms with Crippen LogP contribution in [0.3, 0.4) is 0 Å². The molecule has 2 unspecified atom stereocenters. The molecule has 138 valence electrons. The van der Waals surface area contributed by atoms with Crippen LogP contribution in [0.25, 0.3) is 0 Å². The molecule has 2 aliphatic rings. The van der Waals surface area contributed by atoms with Gasteiger partial charge in [-0.2, -0.15) is 0 Å². The number of allylic oxidation sites excluding steroid dienone is 2. The fourth-order valence-corrected chi connectivity index (χ4v) is 3.99. The van der Waals surface area contributed by atoms with Crippen molar-refractivity contribution in [1.29, 1.82) is 0 Å². The number of hydrogen-bond donors (Lipinski definition) is 1. The molecular formula is C20H34O4. The van der Waals surface area contributed by atoms with Gasteiger partial charge in [0.1, 0.15) is 0 Å². The van der Waals surface area contributed by atoms with E-state index in [9.17, 15) is 4.79 Å². The van der Waals surface area contributed by atoms with E-state index in [-0.39, 0.29) is 11.7 Å². The normalized spacial score (nSPS) is 26.2. The smallest absolute Gasteiger partial charge is 0.171 e. The predicted octanol–water partition coefficient (Wildman–Crippen LogP) is 3.87. The molecule has 0 bridgehead atoms. The molecule has 2 rings (SSSR count). The van der Waals surface area contributed by atoms with Crippen LogP contribution in [0.4, 0.5) is 0 Å². The minimum atomic E-state index is -0.402. The molecule has 1 aliphatic heterocycles. The summed E-state index contributed by atoms with van der Waals surface area (Å²) in [4.78, 5) is 11.9. The van der Waals surface area contributed by atoms with Gasteiger partial charge in [0, 0.05) is 24.9 Å². The van der Waals surface area contributed by atoms with E-state index in [1.165, 1.54) is 12.8 Å². The van der Waals surface area contributed by atoms with Gasteiger partial charge in [-0.05, 0) is 31.3 Å². The largest absolute Gasteiger partial charge is 0.396 e. The third-order valence-electron chi connectivity index (χ3n) is 5.43. The molecule has 1 saturated heterocycles. The highest BCUT2D eigenvalue weighted by atomic mass is 16.7. The quantitative estimate of drug-likeness (QED) is 0.485. The first-order valence-electron chi connectivity index (χ1n) is 9.70. The Labute approximate surface area is 146 Å². The van der Waals surface area contributed by atoms with Gasteiger partial charge in [0.15, 0.2) is 11.6 Å². The van der Waals surface area contributed by atoms with Crippen molar-refractivity contribution in [3.63, 3.8) is 0 Å². The number of ether oxygens (including phenoxy) is 2. The third kappa shape index (κ3) is 5.14. The second-order valence-corrected chi connectivity index (χ2v) is 7.51. The maximum Gasteiger partial charge on any atom is 0.171 e. The first-order chi connectivity index (χ1) is 11.6. The van der Waals surface area contributed by atoms with E-state index in [0.29, 0.717) is 31.7 Å². The molecule has 0 amide bonds. The Hall–Kier alpha value is -0.710. The molecule has 4 heteroatoms. The first-order valence-corrected chi connectivity index (χ1v) is 9.70. The highest BCUT2D eigenvalue weighted by Gasteiger charge is 2.51. The third-order valence-corrected chi connectivity index (χ3v) is 5.43. The predicted molar refractivity (Wildman–Crippen MR) is 94.6 cm³/mol. The fourth-order valence-electron chi connectivity index (χ4n) is 3.99. The average Bonchev–Trinajstić information content (AvgIpc) is 3.17. The molecular weight excluding hydrogens is 304 g/mol. The van der Waals surface area contributed by atoms with Crippen molar-refractivity contribution >= 4 is 5.78 Å². The summed E-state index contributed by atoms with van der Waals surface area (Å²) in [6.07, 6.45) is 12.5. The molecule has 0 aromatic heterocycles. The Balaban J connectivity index is 1.90. The minimum Gasteiger partial charge on any atom is -0.396 e. The average molecular weight is 338 g/mol. The summed E-state index contributed by atoms with van der Waals surface area (Å²) in [5.41, 5.74) is 0. The molecule has 24 heavy (non-hydrogen) atoms. The van der Waals surface area contributed by atoms with Crippen LogP contribution in [-0.4, -0.2) is 36.5 Å². The summed E-state index contributed by atoms with van der Waals surface area (Å²) in [5, 5.41) is 8.84. The Morgan fingerprint density at radius 1 is 1.17 bits per heavy atom. The zero-order chi connectivity index (χ0) is 17.4. The van der Waals surface area contributed by atoms with Gasteiger partial charge < -0.3 is 14.6 Å². The molecule has 0 aromatic rings. The lowest BCUT2D eigenvalue weighted by Crippen LogP contribution is -2.36. The lowest BCUT2D eigenvalue weighted by molar-refractivity contribution is -0.186. The van der Waals surface area contributed by atoms with Crippen molar-refractivity contribution in [2.45, 2.75) is 71.0 Å². The summed E-state index contributed by atoms with van der Waals surface area (Å²) >= 11 is 0. The summed E-state index contributed by atoms with van der Waals surface area (Å²) in [6, 6.07) is 0. The van der Waals surface area contributed by atoms with Crippen LogP contribution < -0.4 is 0 Å². The lowest BCUT2D eigenvalue weighted by Gasteiger charge is -2.31. The van der Waals surface area contributed by atoms with Gasteiger partial charge in [-0.3, -0.25) is 4.79 Å². The molecule has 4 nitrogen and oxygen atoms in total. The Morgan fingerprint density at radius 3 is 2.50 bits per heavy atom. The van der Waals surface area contributed by atoms with Crippen LogP contribution in [0.15, 0.2) is 12.2 Å². The van der Waals surface area contributed by atoms with Gasteiger partial charge in [-0.25, -0.2) is 0 Å². The maximum absolute atomic E-state index is 11.9. The van der Waals surface area contributed by atoms with E-state index in [2.05, 4.69) is 6.08 Å². The maximum atomic E-state index is 11.9. The number of carbonyl (C=O) groups is 1. The van der Waals surface area contributed by atoms with Gasteiger partial charge in [0.25, 0.3) is 0 Å². The van der Waals surface area contributed by atoms with Gasteiger partial charge in [-0.1, -0.05) is 45.6 Å². The molecule has 0 aromatic carbocycles. The first kappa shape index (κ1) is 19.6. The zero-order valence-corrected chi connectivity index (χ0v) is 15.3. The van der Waals surface area contributed by atoms with E-state index in [1.54, 1.807) is 6.08 Å². The van der Waals surface area contributed by atoms with Crippen LogP contribution in [-0.2, 0) is 14.3 Å². The molecule has 2 fully saturated rings. The Bertz CT molecular complexity index is 410. The number of carbonyl (C=O) groups excluding carboxylic acids is 1. The molecule has 1 spiro atoms. The van der Waals surface area contributed by atoms with Crippen LogP contribution in [0, 0.1) is 17.8 Å². The van der Waals surface area contributed by atoms with Crippen molar-refractivity contribution in [3.05, 3.63) is 12.2 Å². The van der Waals surface area contributed by atoms with Crippen LogP contribution in [0.5, 0.6) is 0 Å². The fraction of sp³-hybridized carbons (Fsp3) is 0.850. The van der Waals surface area contributed by atoms with Crippen LogP contribution in [0.1, 0.15) is 65.2 Å². The monoisotopic (exact) mass is 338 g/mol. The van der Waals surface area contributed by atoms with Gasteiger partial charge in [0.2, 0.25) is 0 Å². The second-order valence-electron chi connectivity index (χ2n) is 7.51. The number of aliphatic hydroxyl groups is 1.